The maximum absolute atomic E-state index is 13.1. The van der Waals surface area contributed by atoms with Crippen molar-refractivity contribution in [2.24, 2.45) is 0 Å². The molecule has 0 bridgehead atoms. The van der Waals surface area contributed by atoms with Crippen LogP contribution in [0.1, 0.15) is 0 Å². The molecule has 0 spiro atoms. The van der Waals surface area contributed by atoms with Crippen molar-refractivity contribution in [1.29, 1.82) is 0 Å². The Morgan fingerprint density at radius 1 is 1.25 bits per heavy atom. The first-order valence-electron chi connectivity index (χ1n) is 4.60. The number of nitrogens with two attached hydrogens (primary N) is 1. The number of benzene rings is 1. The molecule has 1 heterocycles. The van der Waals surface area contributed by atoms with E-state index in [1.54, 1.807) is 24.3 Å². The number of nitrogens with one attached hydrogen (secondary N) is 1. The zero-order chi connectivity index (χ0) is 11.5. The summed E-state index contributed by atoms with van der Waals surface area (Å²) in [5, 5.41) is 3.01. The first-order chi connectivity index (χ1) is 7.65. The van der Waals surface area contributed by atoms with E-state index >= 15 is 0 Å². The van der Waals surface area contributed by atoms with Gasteiger partial charge in [0.1, 0.15) is 17.5 Å². The molecule has 82 valence electrons. The Balaban J connectivity index is 2.24. The molecular formula is C11H9ClFN3. The van der Waals surface area contributed by atoms with Crippen molar-refractivity contribution in [1.82, 2.24) is 4.98 Å². The van der Waals surface area contributed by atoms with Gasteiger partial charge in [0.2, 0.25) is 0 Å². The van der Waals surface area contributed by atoms with Crippen LogP contribution in [-0.2, 0) is 0 Å². The van der Waals surface area contributed by atoms with Gasteiger partial charge in [0.15, 0.2) is 0 Å². The molecule has 0 aliphatic rings. The van der Waals surface area contributed by atoms with E-state index in [9.17, 15) is 4.39 Å². The Morgan fingerprint density at radius 3 is 2.75 bits per heavy atom. The van der Waals surface area contributed by atoms with Gasteiger partial charge in [-0.05, 0) is 30.3 Å². The van der Waals surface area contributed by atoms with Gasteiger partial charge in [-0.2, -0.15) is 0 Å². The second-order valence-electron chi connectivity index (χ2n) is 3.20. The second kappa shape index (κ2) is 4.37. The number of anilines is 3. The third-order valence-electron chi connectivity index (χ3n) is 1.96. The zero-order valence-electron chi connectivity index (χ0n) is 8.24. The van der Waals surface area contributed by atoms with Crippen molar-refractivity contribution in [3.63, 3.8) is 0 Å². The van der Waals surface area contributed by atoms with E-state index in [-0.39, 0.29) is 5.02 Å². The van der Waals surface area contributed by atoms with Gasteiger partial charge in [-0.25, -0.2) is 9.37 Å². The number of rotatable bonds is 2. The van der Waals surface area contributed by atoms with Crippen LogP contribution >= 0.6 is 11.6 Å². The van der Waals surface area contributed by atoms with E-state index in [1.807, 2.05) is 0 Å². The summed E-state index contributed by atoms with van der Waals surface area (Å²) in [6.07, 6.45) is 0. The van der Waals surface area contributed by atoms with Gasteiger partial charge in [-0.3, -0.25) is 0 Å². The molecule has 0 radical (unpaired) electrons. The Kier molecular flexibility index (Phi) is 2.92. The standard InChI is InChI=1S/C11H9ClFN3/c12-8-5-4-7(6-9(8)13)15-11-3-1-2-10(14)16-11/h1-6H,(H3,14,15,16). The van der Waals surface area contributed by atoms with Crippen LogP contribution in [0, 0.1) is 5.82 Å². The number of hydrogen-bond donors (Lipinski definition) is 2. The van der Waals surface area contributed by atoms with Gasteiger partial charge in [-0.15, -0.1) is 0 Å². The van der Waals surface area contributed by atoms with E-state index in [2.05, 4.69) is 10.3 Å². The number of pyridine rings is 1. The quantitative estimate of drug-likeness (QED) is 0.843. The molecule has 0 aliphatic carbocycles. The smallest absolute Gasteiger partial charge is 0.143 e. The molecule has 0 aliphatic heterocycles. The molecule has 1 aromatic heterocycles. The lowest BCUT2D eigenvalue weighted by atomic mass is 10.3. The monoisotopic (exact) mass is 237 g/mol. The average Bonchev–Trinajstić information content (AvgIpc) is 2.24. The lowest BCUT2D eigenvalue weighted by Gasteiger charge is -2.06. The number of hydrogen-bond acceptors (Lipinski definition) is 3. The summed E-state index contributed by atoms with van der Waals surface area (Å²) in [6.45, 7) is 0. The van der Waals surface area contributed by atoms with Crippen LogP contribution in [0.2, 0.25) is 5.02 Å². The van der Waals surface area contributed by atoms with Gasteiger partial charge in [-0.1, -0.05) is 17.7 Å². The van der Waals surface area contributed by atoms with Crippen molar-refractivity contribution in [2.45, 2.75) is 0 Å². The van der Waals surface area contributed by atoms with Gasteiger partial charge in [0.05, 0.1) is 5.02 Å². The van der Waals surface area contributed by atoms with Crippen LogP contribution in [0.25, 0.3) is 0 Å². The maximum Gasteiger partial charge on any atom is 0.143 e. The summed E-state index contributed by atoms with van der Waals surface area (Å²) in [7, 11) is 0. The van der Waals surface area contributed by atoms with Crippen LogP contribution in [-0.4, -0.2) is 4.98 Å². The fraction of sp³-hybridized carbons (Fsp3) is 0. The average molecular weight is 238 g/mol. The SMILES string of the molecule is Nc1cccc(Nc2ccc(Cl)c(F)c2)n1. The largest absolute Gasteiger partial charge is 0.384 e. The van der Waals surface area contributed by atoms with E-state index in [0.717, 1.165) is 0 Å². The Labute approximate surface area is 97.1 Å². The minimum atomic E-state index is -0.476. The summed E-state index contributed by atoms with van der Waals surface area (Å²) < 4.78 is 13.1. The molecular weight excluding hydrogens is 229 g/mol. The molecule has 0 amide bonds. The lowest BCUT2D eigenvalue weighted by molar-refractivity contribution is 0.629. The number of aromatic nitrogens is 1. The van der Waals surface area contributed by atoms with Crippen LogP contribution in [0.4, 0.5) is 21.7 Å². The highest BCUT2D eigenvalue weighted by Gasteiger charge is 2.01. The van der Waals surface area contributed by atoms with E-state index in [4.69, 9.17) is 17.3 Å². The highest BCUT2D eigenvalue weighted by molar-refractivity contribution is 6.30. The summed E-state index contributed by atoms with van der Waals surface area (Å²) in [5.41, 5.74) is 6.09. The third kappa shape index (κ3) is 2.41. The summed E-state index contributed by atoms with van der Waals surface area (Å²) in [5.74, 6) is 0.483. The molecule has 3 nitrogen and oxygen atoms in total. The molecule has 0 saturated heterocycles. The number of nitrogens with zero attached hydrogens (tertiary/aromatic N) is 1. The second-order valence-corrected chi connectivity index (χ2v) is 3.61. The highest BCUT2D eigenvalue weighted by Crippen LogP contribution is 2.21. The van der Waals surface area contributed by atoms with Crippen LogP contribution in [0.5, 0.6) is 0 Å². The van der Waals surface area contributed by atoms with Gasteiger partial charge in [0.25, 0.3) is 0 Å². The fourth-order valence-electron chi connectivity index (χ4n) is 1.24. The van der Waals surface area contributed by atoms with Gasteiger partial charge < -0.3 is 11.1 Å². The number of halogens is 2. The summed E-state index contributed by atoms with van der Waals surface area (Å²) in [4.78, 5) is 4.03. The van der Waals surface area contributed by atoms with E-state index < -0.39 is 5.82 Å². The highest BCUT2D eigenvalue weighted by atomic mass is 35.5. The number of nitrogen functional groups attached to an aromatic ring is 1. The predicted octanol–water partition coefficient (Wildman–Crippen LogP) is 3.20. The minimum absolute atomic E-state index is 0.0890. The minimum Gasteiger partial charge on any atom is -0.384 e. The predicted molar refractivity (Wildman–Crippen MR) is 63.3 cm³/mol. The maximum atomic E-state index is 13.1. The van der Waals surface area contributed by atoms with Crippen molar-refractivity contribution >= 4 is 28.9 Å². The van der Waals surface area contributed by atoms with Crippen LogP contribution < -0.4 is 11.1 Å². The first kappa shape index (κ1) is 10.7. The molecule has 3 N–H and O–H groups in total. The molecule has 2 aromatic rings. The molecule has 0 atom stereocenters. The third-order valence-corrected chi connectivity index (χ3v) is 2.27. The van der Waals surface area contributed by atoms with Crippen LogP contribution in [0.3, 0.4) is 0 Å². The lowest BCUT2D eigenvalue weighted by Crippen LogP contribution is -1.96. The van der Waals surface area contributed by atoms with Crippen molar-refractivity contribution in [3.05, 3.63) is 47.2 Å². The Hall–Kier alpha value is -1.81. The van der Waals surface area contributed by atoms with E-state index in [1.165, 1.54) is 12.1 Å². The van der Waals surface area contributed by atoms with Crippen molar-refractivity contribution < 1.29 is 4.39 Å². The first-order valence-corrected chi connectivity index (χ1v) is 4.97. The summed E-state index contributed by atoms with van der Waals surface area (Å²) in [6, 6.07) is 9.61. The molecule has 0 unspecified atom stereocenters. The van der Waals surface area contributed by atoms with Crippen molar-refractivity contribution in [2.75, 3.05) is 11.1 Å². The summed E-state index contributed by atoms with van der Waals surface area (Å²) >= 11 is 5.57. The topological polar surface area (TPSA) is 50.9 Å². The molecule has 0 fully saturated rings. The normalized spacial score (nSPS) is 10.1. The van der Waals surface area contributed by atoms with Gasteiger partial charge in [0, 0.05) is 5.69 Å². The zero-order valence-corrected chi connectivity index (χ0v) is 9.00. The molecule has 5 heteroatoms. The van der Waals surface area contributed by atoms with Crippen molar-refractivity contribution in [3.8, 4) is 0 Å². The fourth-order valence-corrected chi connectivity index (χ4v) is 1.36. The molecule has 2 rings (SSSR count). The molecule has 0 saturated carbocycles. The Morgan fingerprint density at radius 2 is 2.06 bits per heavy atom. The van der Waals surface area contributed by atoms with E-state index in [0.29, 0.717) is 17.3 Å². The van der Waals surface area contributed by atoms with Gasteiger partial charge >= 0.3 is 0 Å². The molecule has 16 heavy (non-hydrogen) atoms. The van der Waals surface area contributed by atoms with Crippen LogP contribution in [0.15, 0.2) is 36.4 Å². The Bertz CT molecular complexity index is 516. The molecule has 1 aromatic carbocycles.